The zero-order chi connectivity index (χ0) is 14.6. The second-order valence-electron chi connectivity index (χ2n) is 5.21. The Morgan fingerprint density at radius 2 is 1.95 bits per heavy atom. The highest BCUT2D eigenvalue weighted by Gasteiger charge is 2.08. The van der Waals surface area contributed by atoms with Gasteiger partial charge in [0.2, 0.25) is 0 Å². The summed E-state index contributed by atoms with van der Waals surface area (Å²) in [6.07, 6.45) is 5.68. The Labute approximate surface area is 122 Å². The molecular weight excluding hydrogens is 256 g/mol. The third-order valence-corrected chi connectivity index (χ3v) is 3.02. The van der Waals surface area contributed by atoms with Crippen LogP contribution in [-0.4, -0.2) is 38.5 Å². The van der Waals surface area contributed by atoms with Crippen molar-refractivity contribution in [3.05, 3.63) is 0 Å². The van der Waals surface area contributed by atoms with Gasteiger partial charge in [0.25, 0.3) is 0 Å². The average molecular weight is 282 g/mol. The number of rotatable bonds is 8. The molecule has 0 saturated carbocycles. The van der Waals surface area contributed by atoms with Crippen molar-refractivity contribution in [2.45, 2.75) is 52.1 Å². The molecule has 1 atom stereocenters. The zero-order valence-corrected chi connectivity index (χ0v) is 12.7. The van der Waals surface area contributed by atoms with Crippen molar-refractivity contribution >= 4 is 5.97 Å². The van der Waals surface area contributed by atoms with Crippen LogP contribution < -0.4 is 0 Å². The first-order valence-corrected chi connectivity index (χ1v) is 7.54. The summed E-state index contributed by atoms with van der Waals surface area (Å²) in [6, 6.07) is 0. The zero-order valence-electron chi connectivity index (χ0n) is 12.7. The molecular formula is C16H26O4. The SMILES string of the molecule is CC(C)C(=O)OCCOCCOC1C#CCCCCC1. The number of carbonyl (C=O) groups excluding carboxylic acids is 1. The molecule has 0 aromatic heterocycles. The molecule has 20 heavy (non-hydrogen) atoms. The van der Waals surface area contributed by atoms with E-state index in [9.17, 15) is 4.79 Å². The summed E-state index contributed by atoms with van der Waals surface area (Å²) >= 11 is 0. The molecule has 1 unspecified atom stereocenters. The molecule has 0 radical (unpaired) electrons. The Kier molecular flexibility index (Phi) is 9.10. The van der Waals surface area contributed by atoms with Gasteiger partial charge in [0.05, 0.1) is 25.7 Å². The average Bonchev–Trinajstić information content (AvgIpc) is 2.39. The lowest BCUT2D eigenvalue weighted by Gasteiger charge is -2.14. The lowest BCUT2D eigenvalue weighted by molar-refractivity contribution is -0.149. The molecule has 0 aromatic rings. The second kappa shape index (κ2) is 10.7. The molecule has 0 amide bonds. The molecule has 0 bridgehead atoms. The number of ether oxygens (including phenoxy) is 3. The Bertz CT molecular complexity index is 327. The van der Waals surface area contributed by atoms with Crippen LogP contribution >= 0.6 is 0 Å². The van der Waals surface area contributed by atoms with Crippen LogP contribution in [0.3, 0.4) is 0 Å². The molecule has 0 spiro atoms. The molecule has 0 aromatic carbocycles. The molecule has 0 saturated heterocycles. The van der Waals surface area contributed by atoms with E-state index in [-0.39, 0.29) is 18.0 Å². The van der Waals surface area contributed by atoms with Crippen LogP contribution in [0.25, 0.3) is 0 Å². The molecule has 0 heterocycles. The fourth-order valence-corrected chi connectivity index (χ4v) is 1.82. The Morgan fingerprint density at radius 1 is 1.15 bits per heavy atom. The summed E-state index contributed by atoms with van der Waals surface area (Å²) in [6.45, 7) is 5.40. The van der Waals surface area contributed by atoms with E-state index in [0.29, 0.717) is 26.4 Å². The van der Waals surface area contributed by atoms with Crippen molar-refractivity contribution in [3.63, 3.8) is 0 Å². The molecule has 0 N–H and O–H groups in total. The highest BCUT2D eigenvalue weighted by atomic mass is 16.6. The smallest absolute Gasteiger partial charge is 0.308 e. The van der Waals surface area contributed by atoms with E-state index >= 15 is 0 Å². The van der Waals surface area contributed by atoms with E-state index in [2.05, 4.69) is 11.8 Å². The van der Waals surface area contributed by atoms with Crippen LogP contribution in [0.2, 0.25) is 0 Å². The summed E-state index contributed by atoms with van der Waals surface area (Å²) in [5.41, 5.74) is 0. The molecule has 1 aliphatic carbocycles. The largest absolute Gasteiger partial charge is 0.463 e. The van der Waals surface area contributed by atoms with Crippen LogP contribution in [0.5, 0.6) is 0 Å². The molecule has 4 heteroatoms. The van der Waals surface area contributed by atoms with Crippen molar-refractivity contribution in [2.75, 3.05) is 26.4 Å². The van der Waals surface area contributed by atoms with E-state index < -0.39 is 0 Å². The molecule has 1 rings (SSSR count). The number of carbonyl (C=O) groups is 1. The Balaban J connectivity index is 1.97. The predicted molar refractivity (Wildman–Crippen MR) is 77.2 cm³/mol. The summed E-state index contributed by atoms with van der Waals surface area (Å²) in [5.74, 6) is 6.03. The minimum absolute atomic E-state index is 0.0534. The van der Waals surface area contributed by atoms with Crippen LogP contribution in [0.1, 0.15) is 46.0 Å². The fourth-order valence-electron chi connectivity index (χ4n) is 1.82. The van der Waals surface area contributed by atoms with Crippen LogP contribution in [0, 0.1) is 17.8 Å². The van der Waals surface area contributed by atoms with Gasteiger partial charge in [0, 0.05) is 6.42 Å². The maximum absolute atomic E-state index is 11.2. The fraction of sp³-hybridized carbons (Fsp3) is 0.812. The lowest BCUT2D eigenvalue weighted by atomic mass is 10.1. The van der Waals surface area contributed by atoms with Gasteiger partial charge in [-0.1, -0.05) is 26.2 Å². The summed E-state index contributed by atoms with van der Waals surface area (Å²) in [4.78, 5) is 11.2. The first kappa shape index (κ1) is 17.0. The Hall–Kier alpha value is -1.05. The quantitative estimate of drug-likeness (QED) is 0.390. The van der Waals surface area contributed by atoms with E-state index in [0.717, 1.165) is 12.8 Å². The van der Waals surface area contributed by atoms with E-state index in [1.807, 2.05) is 13.8 Å². The van der Waals surface area contributed by atoms with Crippen molar-refractivity contribution in [3.8, 4) is 11.8 Å². The normalized spacial score (nSPS) is 18.9. The summed E-state index contributed by atoms with van der Waals surface area (Å²) < 4.78 is 16.0. The third-order valence-electron chi connectivity index (χ3n) is 3.02. The van der Waals surface area contributed by atoms with Crippen molar-refractivity contribution in [2.24, 2.45) is 5.92 Å². The van der Waals surface area contributed by atoms with Gasteiger partial charge in [-0.25, -0.2) is 0 Å². The van der Waals surface area contributed by atoms with Crippen LogP contribution in [0.15, 0.2) is 0 Å². The van der Waals surface area contributed by atoms with Gasteiger partial charge < -0.3 is 14.2 Å². The highest BCUT2D eigenvalue weighted by Crippen LogP contribution is 2.10. The van der Waals surface area contributed by atoms with Crippen molar-refractivity contribution in [1.82, 2.24) is 0 Å². The monoisotopic (exact) mass is 282 g/mol. The van der Waals surface area contributed by atoms with Crippen molar-refractivity contribution < 1.29 is 19.0 Å². The van der Waals surface area contributed by atoms with E-state index in [1.54, 1.807) is 0 Å². The van der Waals surface area contributed by atoms with E-state index in [4.69, 9.17) is 14.2 Å². The van der Waals surface area contributed by atoms with E-state index in [1.165, 1.54) is 19.3 Å². The first-order valence-electron chi connectivity index (χ1n) is 7.54. The summed E-state index contributed by atoms with van der Waals surface area (Å²) in [7, 11) is 0. The van der Waals surface area contributed by atoms with Gasteiger partial charge >= 0.3 is 5.97 Å². The van der Waals surface area contributed by atoms with Crippen LogP contribution in [-0.2, 0) is 19.0 Å². The van der Waals surface area contributed by atoms with Gasteiger partial charge in [0.1, 0.15) is 12.7 Å². The van der Waals surface area contributed by atoms with Crippen LogP contribution in [0.4, 0.5) is 0 Å². The lowest BCUT2D eigenvalue weighted by Crippen LogP contribution is -2.18. The topological polar surface area (TPSA) is 44.8 Å². The molecule has 4 nitrogen and oxygen atoms in total. The highest BCUT2D eigenvalue weighted by molar-refractivity contribution is 5.71. The molecule has 114 valence electrons. The molecule has 1 aliphatic rings. The first-order chi connectivity index (χ1) is 9.70. The van der Waals surface area contributed by atoms with Gasteiger partial charge in [-0.15, -0.1) is 5.92 Å². The van der Waals surface area contributed by atoms with Gasteiger partial charge in [-0.3, -0.25) is 4.79 Å². The van der Waals surface area contributed by atoms with Gasteiger partial charge in [-0.05, 0) is 19.3 Å². The minimum atomic E-state index is -0.186. The van der Waals surface area contributed by atoms with Gasteiger partial charge in [-0.2, -0.15) is 0 Å². The standard InChI is InChI=1S/C16H26O4/c1-14(2)16(17)20-13-11-18-10-12-19-15-8-6-4-3-5-7-9-15/h14-15H,3-6,8,10-13H2,1-2H3. The molecule has 0 aliphatic heterocycles. The summed E-state index contributed by atoms with van der Waals surface area (Å²) in [5, 5.41) is 0. The number of esters is 1. The molecule has 0 fully saturated rings. The number of hydrogen-bond acceptors (Lipinski definition) is 4. The third kappa shape index (κ3) is 8.19. The maximum atomic E-state index is 11.2. The maximum Gasteiger partial charge on any atom is 0.308 e. The van der Waals surface area contributed by atoms with Crippen molar-refractivity contribution in [1.29, 1.82) is 0 Å². The Morgan fingerprint density at radius 3 is 2.75 bits per heavy atom. The predicted octanol–water partition coefficient (Wildman–Crippen LogP) is 2.55. The number of hydrogen-bond donors (Lipinski definition) is 0. The second-order valence-corrected chi connectivity index (χ2v) is 5.21. The minimum Gasteiger partial charge on any atom is -0.463 e. The van der Waals surface area contributed by atoms with Gasteiger partial charge in [0.15, 0.2) is 0 Å².